The average molecular weight is 433 g/mol. The quantitative estimate of drug-likeness (QED) is 0.784. The van der Waals surface area contributed by atoms with Crippen LogP contribution in [0.5, 0.6) is 0 Å². The minimum atomic E-state index is -3.25. The smallest absolute Gasteiger partial charge is 0.175 e. The molecule has 1 fully saturated rings. The van der Waals surface area contributed by atoms with E-state index < -0.39 is 9.84 Å². The maximum Gasteiger partial charge on any atom is 0.175 e. The number of aliphatic hydroxyl groups is 1. The number of sulfone groups is 1. The molecule has 1 atom stereocenters. The van der Waals surface area contributed by atoms with Gasteiger partial charge in [-0.15, -0.1) is 0 Å². The van der Waals surface area contributed by atoms with Gasteiger partial charge in [-0.25, -0.2) is 8.42 Å². The van der Waals surface area contributed by atoms with Crippen LogP contribution >= 0.6 is 11.8 Å². The molecule has 0 radical (unpaired) electrons. The van der Waals surface area contributed by atoms with Gasteiger partial charge in [0.2, 0.25) is 0 Å². The normalized spacial score (nSPS) is 20.7. The monoisotopic (exact) mass is 432 g/mol. The van der Waals surface area contributed by atoms with Crippen LogP contribution in [0.25, 0.3) is 0 Å². The molecule has 1 unspecified atom stereocenters. The zero-order chi connectivity index (χ0) is 20.4. The summed E-state index contributed by atoms with van der Waals surface area (Å²) in [6, 6.07) is 14.3. The first-order chi connectivity index (χ1) is 14.0. The van der Waals surface area contributed by atoms with E-state index >= 15 is 0 Å². The lowest BCUT2D eigenvalue weighted by Gasteiger charge is -2.39. The Kier molecular flexibility index (Phi) is 6.32. The Morgan fingerprint density at radius 3 is 2.55 bits per heavy atom. The number of hydrogen-bond acceptors (Lipinski definition) is 6. The van der Waals surface area contributed by atoms with Crippen LogP contribution in [-0.2, 0) is 16.3 Å². The Labute approximate surface area is 177 Å². The zero-order valence-electron chi connectivity index (χ0n) is 16.8. The van der Waals surface area contributed by atoms with Crippen LogP contribution in [0, 0.1) is 0 Å². The van der Waals surface area contributed by atoms with E-state index in [0.717, 1.165) is 56.0 Å². The fraction of sp³-hybridized carbons (Fsp3) is 0.455. The van der Waals surface area contributed by atoms with Crippen molar-refractivity contribution < 1.29 is 13.5 Å². The van der Waals surface area contributed by atoms with Crippen molar-refractivity contribution >= 4 is 21.6 Å². The van der Waals surface area contributed by atoms with Gasteiger partial charge in [-0.1, -0.05) is 30.0 Å². The van der Waals surface area contributed by atoms with Crippen molar-refractivity contribution in [3.63, 3.8) is 0 Å². The van der Waals surface area contributed by atoms with Crippen LogP contribution in [0.2, 0.25) is 0 Å². The number of hydrogen-bond donors (Lipinski definition) is 1. The van der Waals surface area contributed by atoms with Crippen LogP contribution in [0.3, 0.4) is 0 Å². The van der Waals surface area contributed by atoms with Gasteiger partial charge in [0, 0.05) is 61.4 Å². The summed E-state index contributed by atoms with van der Waals surface area (Å²) in [5, 5.41) is 9.09. The SMILES string of the molecule is CS(=O)(=O)c1ccc2c(c1)C(N1CCN(CCCO)CC1)Cc1ccccc1S2. The minimum absolute atomic E-state index is 0.169. The van der Waals surface area contributed by atoms with E-state index in [0.29, 0.717) is 4.90 Å². The highest BCUT2D eigenvalue weighted by Crippen LogP contribution is 2.43. The third-order valence-corrected chi connectivity index (χ3v) is 8.17. The summed E-state index contributed by atoms with van der Waals surface area (Å²) in [4.78, 5) is 7.71. The third kappa shape index (κ3) is 4.70. The summed E-state index contributed by atoms with van der Waals surface area (Å²) in [7, 11) is -3.25. The van der Waals surface area contributed by atoms with Crippen molar-refractivity contribution in [1.82, 2.24) is 9.80 Å². The highest BCUT2D eigenvalue weighted by atomic mass is 32.2. The molecule has 0 bridgehead atoms. The minimum Gasteiger partial charge on any atom is -0.396 e. The molecule has 0 spiro atoms. The maximum absolute atomic E-state index is 12.2. The van der Waals surface area contributed by atoms with Gasteiger partial charge in [-0.2, -0.15) is 0 Å². The molecule has 7 heteroatoms. The highest BCUT2D eigenvalue weighted by molar-refractivity contribution is 7.99. The van der Waals surface area contributed by atoms with Gasteiger partial charge in [0.15, 0.2) is 9.84 Å². The second kappa shape index (κ2) is 8.78. The van der Waals surface area contributed by atoms with Crippen molar-refractivity contribution in [1.29, 1.82) is 0 Å². The zero-order valence-corrected chi connectivity index (χ0v) is 18.4. The van der Waals surface area contributed by atoms with E-state index in [1.54, 1.807) is 17.8 Å². The molecule has 1 saturated heterocycles. The standard InChI is InChI=1S/C22H28N2O3S2/c1-29(26,27)18-7-8-22-19(16-18)20(15-17-5-2-3-6-21(17)28-22)24-12-10-23(11-13-24)9-4-14-25/h2-3,5-8,16,20,25H,4,9-15H2,1H3. The number of aliphatic hydroxyl groups excluding tert-OH is 1. The molecule has 2 aliphatic heterocycles. The van der Waals surface area contributed by atoms with Crippen LogP contribution in [0.1, 0.15) is 23.6 Å². The van der Waals surface area contributed by atoms with Crippen LogP contribution in [0.4, 0.5) is 0 Å². The number of fused-ring (bicyclic) bond motifs is 2. The molecule has 2 aromatic carbocycles. The largest absolute Gasteiger partial charge is 0.396 e. The first kappa shape index (κ1) is 20.9. The van der Waals surface area contributed by atoms with Crippen molar-refractivity contribution in [2.45, 2.75) is 33.6 Å². The summed E-state index contributed by atoms with van der Waals surface area (Å²) in [6.07, 6.45) is 2.98. The predicted octanol–water partition coefficient (Wildman–Crippen LogP) is 2.84. The van der Waals surface area contributed by atoms with E-state index in [1.807, 2.05) is 12.1 Å². The average Bonchev–Trinajstić information content (AvgIpc) is 2.88. The van der Waals surface area contributed by atoms with Gasteiger partial charge in [0.25, 0.3) is 0 Å². The summed E-state index contributed by atoms with van der Waals surface area (Å²) >= 11 is 1.74. The van der Waals surface area contributed by atoms with Gasteiger partial charge in [0.1, 0.15) is 0 Å². The first-order valence-electron chi connectivity index (χ1n) is 10.1. The molecule has 0 saturated carbocycles. The summed E-state index contributed by atoms with van der Waals surface area (Å²) in [5.74, 6) is 0. The molecule has 0 aliphatic carbocycles. The third-order valence-electron chi connectivity index (χ3n) is 5.85. The van der Waals surface area contributed by atoms with E-state index in [-0.39, 0.29) is 12.6 Å². The molecule has 1 N–H and O–H groups in total. The van der Waals surface area contributed by atoms with Gasteiger partial charge >= 0.3 is 0 Å². The Morgan fingerprint density at radius 2 is 1.83 bits per heavy atom. The van der Waals surface area contributed by atoms with Crippen molar-refractivity contribution in [2.75, 3.05) is 45.6 Å². The molecular weight excluding hydrogens is 404 g/mol. The Bertz CT molecular complexity index is 970. The lowest BCUT2D eigenvalue weighted by atomic mass is 9.96. The molecule has 156 valence electrons. The van der Waals surface area contributed by atoms with Crippen LogP contribution < -0.4 is 0 Å². The van der Waals surface area contributed by atoms with Gasteiger partial charge in [-0.05, 0) is 48.2 Å². The van der Waals surface area contributed by atoms with E-state index in [2.05, 4.69) is 34.1 Å². The van der Waals surface area contributed by atoms with Gasteiger partial charge in [0.05, 0.1) is 4.90 Å². The second-order valence-electron chi connectivity index (χ2n) is 7.86. The maximum atomic E-state index is 12.2. The fourth-order valence-corrected chi connectivity index (χ4v) is 6.01. The molecular formula is C22H28N2O3S2. The topological polar surface area (TPSA) is 60.9 Å². The number of rotatable bonds is 5. The fourth-order valence-electron chi connectivity index (χ4n) is 4.24. The lowest BCUT2D eigenvalue weighted by Crippen LogP contribution is -2.48. The number of piperazine rings is 1. The second-order valence-corrected chi connectivity index (χ2v) is 11.0. The highest BCUT2D eigenvalue weighted by Gasteiger charge is 2.30. The molecule has 2 aromatic rings. The summed E-state index contributed by atoms with van der Waals surface area (Å²) < 4.78 is 24.4. The number of benzene rings is 2. The Balaban J connectivity index is 1.67. The molecule has 4 rings (SSSR count). The summed E-state index contributed by atoms with van der Waals surface area (Å²) in [5.41, 5.74) is 2.44. The molecule has 2 aliphatic rings. The van der Waals surface area contributed by atoms with Crippen molar-refractivity contribution in [3.05, 3.63) is 53.6 Å². The first-order valence-corrected chi connectivity index (χ1v) is 12.8. The van der Waals surface area contributed by atoms with Gasteiger partial charge in [-0.3, -0.25) is 4.90 Å². The number of nitrogens with zero attached hydrogens (tertiary/aromatic N) is 2. The predicted molar refractivity (Wildman–Crippen MR) is 116 cm³/mol. The molecule has 5 nitrogen and oxygen atoms in total. The molecule has 29 heavy (non-hydrogen) atoms. The van der Waals surface area contributed by atoms with E-state index in [4.69, 9.17) is 5.11 Å². The lowest BCUT2D eigenvalue weighted by molar-refractivity contribution is 0.0898. The van der Waals surface area contributed by atoms with E-state index in [9.17, 15) is 8.42 Å². The Hall–Kier alpha value is -1.38. The van der Waals surface area contributed by atoms with E-state index in [1.165, 1.54) is 16.7 Å². The van der Waals surface area contributed by atoms with Crippen LogP contribution in [-0.4, -0.2) is 68.9 Å². The van der Waals surface area contributed by atoms with Crippen LogP contribution in [0.15, 0.2) is 57.2 Å². The molecule has 0 aromatic heterocycles. The Morgan fingerprint density at radius 1 is 1.07 bits per heavy atom. The molecule has 0 amide bonds. The molecule has 2 heterocycles. The van der Waals surface area contributed by atoms with Crippen molar-refractivity contribution in [2.24, 2.45) is 0 Å². The van der Waals surface area contributed by atoms with Gasteiger partial charge < -0.3 is 10.0 Å². The van der Waals surface area contributed by atoms with Crippen molar-refractivity contribution in [3.8, 4) is 0 Å². The summed E-state index contributed by atoms with van der Waals surface area (Å²) in [6.45, 7) is 5.02.